The Hall–Kier alpha value is 0.300. The zero-order valence-corrected chi connectivity index (χ0v) is 7.79. The van der Waals surface area contributed by atoms with Crippen LogP contribution >= 0.6 is 15.2 Å². The molecular weight excluding hydrogens is 194 g/mol. The van der Waals surface area contributed by atoms with E-state index in [4.69, 9.17) is 19.6 Å². The molecular formula is C3H10O6P2. The van der Waals surface area contributed by atoms with Crippen molar-refractivity contribution in [2.75, 3.05) is 0 Å². The van der Waals surface area contributed by atoms with Crippen LogP contribution in [0, 0.1) is 0 Å². The second-order valence-corrected chi connectivity index (χ2v) is 7.35. The molecule has 0 aliphatic rings. The van der Waals surface area contributed by atoms with Crippen LogP contribution in [0.15, 0.2) is 0 Å². The van der Waals surface area contributed by atoms with E-state index in [1.54, 1.807) is 0 Å². The summed E-state index contributed by atoms with van der Waals surface area (Å²) in [6.07, 6.45) is 0. The lowest BCUT2D eigenvalue weighted by Gasteiger charge is -2.25. The second kappa shape index (κ2) is 2.66. The summed E-state index contributed by atoms with van der Waals surface area (Å²) >= 11 is 0. The molecule has 0 heterocycles. The first-order valence-electron chi connectivity index (χ1n) is 2.61. The first-order chi connectivity index (χ1) is 4.50. The SMILES string of the molecule is CC(C)(P(=O)(O)O)P(=O)(O)O. The Bertz CT molecular complexity index is 208. The van der Waals surface area contributed by atoms with Crippen LogP contribution in [0.5, 0.6) is 0 Å². The first kappa shape index (κ1) is 11.3. The molecule has 0 fully saturated rings. The average molecular weight is 204 g/mol. The standard InChI is InChI=1S/C3H10O6P2/c1-3(2,10(4,5)6)11(7,8)9/h1-2H3,(H2,4,5,6)(H2,7,8,9). The third-order valence-electron chi connectivity index (χ3n) is 1.43. The minimum atomic E-state index is -4.75. The summed E-state index contributed by atoms with van der Waals surface area (Å²) in [5, 5.41) is 0. The van der Waals surface area contributed by atoms with Gasteiger partial charge in [0, 0.05) is 0 Å². The van der Waals surface area contributed by atoms with Gasteiger partial charge in [0.15, 0.2) is 4.90 Å². The van der Waals surface area contributed by atoms with E-state index in [0.29, 0.717) is 0 Å². The molecule has 0 bridgehead atoms. The quantitative estimate of drug-likeness (QED) is 0.473. The fraction of sp³-hybridized carbons (Fsp3) is 1.00. The van der Waals surface area contributed by atoms with E-state index in [1.807, 2.05) is 0 Å². The van der Waals surface area contributed by atoms with Crippen molar-refractivity contribution in [1.82, 2.24) is 0 Å². The molecule has 8 heteroatoms. The summed E-state index contributed by atoms with van der Waals surface area (Å²) in [4.78, 5) is 31.7. The van der Waals surface area contributed by atoms with Crippen molar-refractivity contribution in [2.24, 2.45) is 0 Å². The van der Waals surface area contributed by atoms with Gasteiger partial charge in [-0.15, -0.1) is 0 Å². The number of rotatable bonds is 2. The first-order valence-corrected chi connectivity index (χ1v) is 5.84. The van der Waals surface area contributed by atoms with Gasteiger partial charge < -0.3 is 19.6 Å². The molecule has 0 aromatic rings. The van der Waals surface area contributed by atoms with Crippen LogP contribution in [0.3, 0.4) is 0 Å². The van der Waals surface area contributed by atoms with E-state index < -0.39 is 20.1 Å². The monoisotopic (exact) mass is 204 g/mol. The molecule has 0 saturated heterocycles. The minimum absolute atomic E-state index is 0.828. The number of hydrogen-bond donors (Lipinski definition) is 4. The van der Waals surface area contributed by atoms with Crippen molar-refractivity contribution in [1.29, 1.82) is 0 Å². The summed E-state index contributed by atoms with van der Waals surface area (Å²) in [6.45, 7) is 1.66. The van der Waals surface area contributed by atoms with Crippen molar-refractivity contribution >= 4 is 15.2 Å². The molecule has 0 atom stereocenters. The van der Waals surface area contributed by atoms with E-state index in [2.05, 4.69) is 0 Å². The van der Waals surface area contributed by atoms with Crippen LogP contribution in [-0.2, 0) is 9.13 Å². The van der Waals surface area contributed by atoms with Crippen molar-refractivity contribution < 1.29 is 28.7 Å². The third kappa shape index (κ3) is 2.12. The fourth-order valence-electron chi connectivity index (χ4n) is 0.170. The summed E-state index contributed by atoms with van der Waals surface area (Å²) in [5.74, 6) is 0. The average Bonchev–Trinajstić information content (AvgIpc) is 1.58. The van der Waals surface area contributed by atoms with Gasteiger partial charge in [-0.1, -0.05) is 0 Å². The Morgan fingerprint density at radius 3 is 1.09 bits per heavy atom. The van der Waals surface area contributed by atoms with Crippen molar-refractivity contribution in [2.45, 2.75) is 18.7 Å². The predicted octanol–water partition coefficient (Wildman–Crippen LogP) is 0.0779. The lowest BCUT2D eigenvalue weighted by molar-refractivity contribution is 0.318. The van der Waals surface area contributed by atoms with Crippen molar-refractivity contribution in [3.8, 4) is 0 Å². The van der Waals surface area contributed by atoms with Gasteiger partial charge in [-0.3, -0.25) is 9.13 Å². The molecule has 0 radical (unpaired) electrons. The largest absolute Gasteiger partial charge is 0.343 e. The van der Waals surface area contributed by atoms with Gasteiger partial charge in [-0.25, -0.2) is 0 Å². The lowest BCUT2D eigenvalue weighted by Crippen LogP contribution is -2.19. The number of hydrogen-bond acceptors (Lipinski definition) is 2. The van der Waals surface area contributed by atoms with E-state index in [-0.39, 0.29) is 0 Å². The van der Waals surface area contributed by atoms with Crippen LogP contribution in [0.2, 0.25) is 0 Å². The maximum atomic E-state index is 10.5. The maximum absolute atomic E-state index is 10.5. The van der Waals surface area contributed by atoms with Crippen LogP contribution in [0.25, 0.3) is 0 Å². The molecule has 0 amide bonds. The summed E-state index contributed by atoms with van der Waals surface area (Å²) in [6, 6.07) is 0. The van der Waals surface area contributed by atoms with Gasteiger partial charge in [0.2, 0.25) is 0 Å². The Morgan fingerprint density at radius 1 is 0.909 bits per heavy atom. The molecule has 0 aliphatic carbocycles. The topological polar surface area (TPSA) is 115 Å². The van der Waals surface area contributed by atoms with Gasteiger partial charge in [0.1, 0.15) is 0 Å². The van der Waals surface area contributed by atoms with Gasteiger partial charge in [-0.2, -0.15) is 0 Å². The Labute approximate surface area is 63.6 Å². The van der Waals surface area contributed by atoms with Gasteiger partial charge in [0.25, 0.3) is 0 Å². The molecule has 0 saturated carbocycles. The predicted molar refractivity (Wildman–Crippen MR) is 38.2 cm³/mol. The molecule has 0 unspecified atom stereocenters. The molecule has 6 nitrogen and oxygen atoms in total. The van der Waals surface area contributed by atoms with Gasteiger partial charge in [-0.05, 0) is 13.8 Å². The second-order valence-electron chi connectivity index (χ2n) is 2.58. The van der Waals surface area contributed by atoms with E-state index in [9.17, 15) is 9.13 Å². The lowest BCUT2D eigenvalue weighted by atomic mass is 10.5. The van der Waals surface area contributed by atoms with Crippen LogP contribution in [0.1, 0.15) is 13.8 Å². The molecule has 4 N–H and O–H groups in total. The normalized spacial score (nSPS) is 15.1. The van der Waals surface area contributed by atoms with Crippen LogP contribution in [-0.4, -0.2) is 24.5 Å². The smallest absolute Gasteiger partial charge is 0.324 e. The Balaban J connectivity index is 5.08. The fourth-order valence-corrected chi connectivity index (χ4v) is 1.53. The molecule has 0 aromatic carbocycles. The summed E-state index contributed by atoms with van der Waals surface area (Å²) in [5.41, 5.74) is 0. The highest BCUT2D eigenvalue weighted by molar-refractivity contribution is 7.72. The Morgan fingerprint density at radius 2 is 1.09 bits per heavy atom. The summed E-state index contributed by atoms with van der Waals surface area (Å²) in [7, 11) is -9.51. The van der Waals surface area contributed by atoms with Gasteiger partial charge >= 0.3 is 15.2 Å². The highest BCUT2D eigenvalue weighted by Crippen LogP contribution is 2.68. The minimum Gasteiger partial charge on any atom is -0.324 e. The molecule has 11 heavy (non-hydrogen) atoms. The zero-order valence-electron chi connectivity index (χ0n) is 6.00. The molecule has 0 spiro atoms. The third-order valence-corrected chi connectivity index (χ3v) is 5.84. The maximum Gasteiger partial charge on any atom is 0.343 e. The molecule has 0 aromatic heterocycles. The molecule has 68 valence electrons. The van der Waals surface area contributed by atoms with E-state index in [1.165, 1.54) is 0 Å². The van der Waals surface area contributed by atoms with Crippen molar-refractivity contribution in [3.05, 3.63) is 0 Å². The highest BCUT2D eigenvalue weighted by Gasteiger charge is 2.52. The van der Waals surface area contributed by atoms with Gasteiger partial charge in [0.05, 0.1) is 0 Å². The van der Waals surface area contributed by atoms with E-state index >= 15 is 0 Å². The molecule has 0 rings (SSSR count). The van der Waals surface area contributed by atoms with Crippen molar-refractivity contribution in [3.63, 3.8) is 0 Å². The van der Waals surface area contributed by atoms with Crippen LogP contribution < -0.4 is 0 Å². The zero-order chi connectivity index (χ0) is 9.50. The van der Waals surface area contributed by atoms with Crippen LogP contribution in [0.4, 0.5) is 0 Å². The Kier molecular flexibility index (Phi) is 2.73. The highest BCUT2D eigenvalue weighted by atomic mass is 31.2. The van der Waals surface area contributed by atoms with E-state index in [0.717, 1.165) is 13.8 Å². The molecule has 0 aliphatic heterocycles. The summed E-state index contributed by atoms with van der Waals surface area (Å²) < 4.78 is 21.0.